The quantitative estimate of drug-likeness (QED) is 0.588. The Bertz CT molecular complexity index is 1130. The van der Waals surface area contributed by atoms with Gasteiger partial charge in [-0.25, -0.2) is 4.68 Å². The van der Waals surface area contributed by atoms with Gasteiger partial charge < -0.3 is 5.32 Å². The van der Waals surface area contributed by atoms with E-state index < -0.39 is 0 Å². The molecule has 7 heteroatoms. The number of nitrogens with one attached hydrogen (secondary N) is 1. The molecule has 0 aliphatic carbocycles. The second kappa shape index (κ2) is 7.17. The molecular formula is C20H16ClN5O. The molecule has 1 N–H and O–H groups in total. The zero-order chi connectivity index (χ0) is 18.8. The molecule has 1 amide bonds. The normalized spacial score (nSPS) is 10.9. The molecule has 0 spiro atoms. The summed E-state index contributed by atoms with van der Waals surface area (Å²) in [5.74, 6) is -0.277. The Balaban J connectivity index is 1.61. The summed E-state index contributed by atoms with van der Waals surface area (Å²) in [6.07, 6.45) is 3.53. The van der Waals surface area contributed by atoms with Gasteiger partial charge in [0, 0.05) is 34.7 Å². The molecular weight excluding hydrogens is 362 g/mol. The largest absolute Gasteiger partial charge is 0.347 e. The first-order valence-corrected chi connectivity index (χ1v) is 8.79. The van der Waals surface area contributed by atoms with Crippen molar-refractivity contribution in [2.75, 3.05) is 0 Å². The van der Waals surface area contributed by atoms with Crippen molar-refractivity contribution >= 4 is 28.3 Å². The summed E-state index contributed by atoms with van der Waals surface area (Å²) in [7, 11) is 0. The molecule has 4 rings (SSSR count). The highest BCUT2D eigenvalue weighted by Crippen LogP contribution is 2.22. The van der Waals surface area contributed by atoms with Crippen LogP contribution in [0.3, 0.4) is 0 Å². The fourth-order valence-corrected chi connectivity index (χ4v) is 3.18. The molecule has 6 nitrogen and oxygen atoms in total. The first-order chi connectivity index (χ1) is 13.1. The summed E-state index contributed by atoms with van der Waals surface area (Å²) in [5, 5.41) is 13.8. The van der Waals surface area contributed by atoms with Crippen LogP contribution in [0.4, 0.5) is 0 Å². The van der Waals surface area contributed by atoms with Crippen LogP contribution in [0.25, 0.3) is 16.5 Å². The van der Waals surface area contributed by atoms with E-state index in [2.05, 4.69) is 20.6 Å². The van der Waals surface area contributed by atoms with E-state index in [9.17, 15) is 4.79 Å². The van der Waals surface area contributed by atoms with Crippen LogP contribution in [0.2, 0.25) is 5.02 Å². The lowest BCUT2D eigenvalue weighted by Crippen LogP contribution is -2.24. The van der Waals surface area contributed by atoms with Crippen LogP contribution in [-0.4, -0.2) is 25.9 Å². The number of carbonyl (C=O) groups is 1. The van der Waals surface area contributed by atoms with Gasteiger partial charge in [0.1, 0.15) is 0 Å². The predicted octanol–water partition coefficient (Wildman–Crippen LogP) is 3.71. The summed E-state index contributed by atoms with van der Waals surface area (Å²) >= 11 is 5.98. The second-order valence-electron chi connectivity index (χ2n) is 6.12. The standard InChI is InChI=1S/C20H16ClN5O/c1-13-19(20(27)23-11-14-4-2-6-16(21)10-14)24-25-26(13)18-7-3-5-15-12-22-9-8-17(15)18/h2-10,12H,11H2,1H3,(H,23,27). The first kappa shape index (κ1) is 17.2. The van der Waals surface area contributed by atoms with E-state index in [1.165, 1.54) is 0 Å². The van der Waals surface area contributed by atoms with Crippen LogP contribution in [0.15, 0.2) is 60.9 Å². The lowest BCUT2D eigenvalue weighted by atomic mass is 10.1. The van der Waals surface area contributed by atoms with Crippen molar-refractivity contribution in [1.29, 1.82) is 0 Å². The maximum atomic E-state index is 12.6. The fraction of sp³-hybridized carbons (Fsp3) is 0.100. The second-order valence-corrected chi connectivity index (χ2v) is 6.56. The van der Waals surface area contributed by atoms with Gasteiger partial charge in [-0.3, -0.25) is 9.78 Å². The minimum Gasteiger partial charge on any atom is -0.347 e. The minimum absolute atomic E-state index is 0.277. The Morgan fingerprint density at radius 1 is 1.19 bits per heavy atom. The van der Waals surface area contributed by atoms with E-state index in [1.807, 2.05) is 49.4 Å². The molecule has 0 fully saturated rings. The van der Waals surface area contributed by atoms with Gasteiger partial charge in [0.15, 0.2) is 5.69 Å². The molecule has 0 unspecified atom stereocenters. The molecule has 134 valence electrons. The highest BCUT2D eigenvalue weighted by molar-refractivity contribution is 6.30. The average molecular weight is 378 g/mol. The molecule has 0 radical (unpaired) electrons. The number of hydrogen-bond donors (Lipinski definition) is 1. The van der Waals surface area contributed by atoms with Crippen molar-refractivity contribution in [3.8, 4) is 5.69 Å². The van der Waals surface area contributed by atoms with E-state index in [1.54, 1.807) is 23.1 Å². The van der Waals surface area contributed by atoms with Gasteiger partial charge in [0.05, 0.1) is 11.4 Å². The zero-order valence-corrected chi connectivity index (χ0v) is 15.3. The van der Waals surface area contributed by atoms with Gasteiger partial charge in [-0.1, -0.05) is 41.1 Å². The first-order valence-electron chi connectivity index (χ1n) is 8.41. The molecule has 0 saturated carbocycles. The van der Waals surface area contributed by atoms with E-state index in [-0.39, 0.29) is 5.91 Å². The highest BCUT2D eigenvalue weighted by atomic mass is 35.5. The number of pyridine rings is 1. The van der Waals surface area contributed by atoms with Gasteiger partial charge in [-0.2, -0.15) is 0 Å². The van der Waals surface area contributed by atoms with Crippen molar-refractivity contribution in [2.24, 2.45) is 0 Å². The summed E-state index contributed by atoms with van der Waals surface area (Å²) in [5.41, 5.74) is 2.74. The van der Waals surface area contributed by atoms with Gasteiger partial charge in [-0.05, 0) is 36.8 Å². The van der Waals surface area contributed by atoms with E-state index in [0.717, 1.165) is 22.0 Å². The molecule has 0 aliphatic rings. The summed E-state index contributed by atoms with van der Waals surface area (Å²) in [6.45, 7) is 2.19. The molecule has 4 aromatic rings. The van der Waals surface area contributed by atoms with Gasteiger partial charge in [0.25, 0.3) is 5.91 Å². The molecule has 0 saturated heterocycles. The smallest absolute Gasteiger partial charge is 0.274 e. The Morgan fingerprint density at radius 2 is 2.04 bits per heavy atom. The number of aromatic nitrogens is 4. The van der Waals surface area contributed by atoms with Gasteiger partial charge >= 0.3 is 0 Å². The molecule has 27 heavy (non-hydrogen) atoms. The van der Waals surface area contributed by atoms with Crippen molar-refractivity contribution in [3.05, 3.63) is 82.9 Å². The molecule has 0 aliphatic heterocycles. The Labute approximate surface area is 160 Å². The SMILES string of the molecule is Cc1c(C(=O)NCc2cccc(Cl)c2)nnn1-c1cccc2cnccc12. The summed E-state index contributed by atoms with van der Waals surface area (Å²) < 4.78 is 1.68. The molecule has 2 aromatic carbocycles. The Hall–Kier alpha value is -3.25. The summed E-state index contributed by atoms with van der Waals surface area (Å²) in [6, 6.07) is 15.1. The highest BCUT2D eigenvalue weighted by Gasteiger charge is 2.18. The molecule has 0 atom stereocenters. The molecule has 0 bridgehead atoms. The number of rotatable bonds is 4. The third-order valence-corrected chi connectivity index (χ3v) is 4.57. The third kappa shape index (κ3) is 3.39. The van der Waals surface area contributed by atoms with E-state index >= 15 is 0 Å². The van der Waals surface area contributed by atoms with Crippen molar-refractivity contribution < 1.29 is 4.79 Å². The van der Waals surface area contributed by atoms with Gasteiger partial charge in [0.2, 0.25) is 0 Å². The number of nitrogens with zero attached hydrogens (tertiary/aromatic N) is 4. The summed E-state index contributed by atoms with van der Waals surface area (Å²) in [4.78, 5) is 16.7. The van der Waals surface area contributed by atoms with Crippen molar-refractivity contribution in [1.82, 2.24) is 25.3 Å². The number of hydrogen-bond acceptors (Lipinski definition) is 4. The lowest BCUT2D eigenvalue weighted by molar-refractivity contribution is 0.0945. The van der Waals surface area contributed by atoms with Crippen LogP contribution in [0, 0.1) is 6.92 Å². The number of amides is 1. The fourth-order valence-electron chi connectivity index (χ4n) is 2.97. The Kier molecular flexibility index (Phi) is 4.56. The number of carbonyl (C=O) groups excluding carboxylic acids is 1. The zero-order valence-electron chi connectivity index (χ0n) is 14.6. The van der Waals surface area contributed by atoms with Crippen molar-refractivity contribution in [2.45, 2.75) is 13.5 Å². The maximum Gasteiger partial charge on any atom is 0.274 e. The number of fused-ring (bicyclic) bond motifs is 1. The van der Waals surface area contributed by atoms with Crippen molar-refractivity contribution in [3.63, 3.8) is 0 Å². The topological polar surface area (TPSA) is 72.7 Å². The van der Waals surface area contributed by atoms with Crippen LogP contribution >= 0.6 is 11.6 Å². The van der Waals surface area contributed by atoms with Crippen LogP contribution in [-0.2, 0) is 6.54 Å². The Morgan fingerprint density at radius 3 is 2.89 bits per heavy atom. The molecule has 2 aromatic heterocycles. The van der Waals surface area contributed by atoms with Crippen LogP contribution in [0.1, 0.15) is 21.7 Å². The van der Waals surface area contributed by atoms with E-state index in [0.29, 0.717) is 23.0 Å². The maximum absolute atomic E-state index is 12.6. The van der Waals surface area contributed by atoms with Crippen LogP contribution < -0.4 is 5.32 Å². The predicted molar refractivity (Wildman–Crippen MR) is 104 cm³/mol. The monoisotopic (exact) mass is 377 g/mol. The number of benzene rings is 2. The molecule has 2 heterocycles. The van der Waals surface area contributed by atoms with Crippen LogP contribution in [0.5, 0.6) is 0 Å². The lowest BCUT2D eigenvalue weighted by Gasteiger charge is -2.08. The minimum atomic E-state index is -0.277. The third-order valence-electron chi connectivity index (χ3n) is 4.34. The van der Waals surface area contributed by atoms with Gasteiger partial charge in [-0.15, -0.1) is 5.10 Å². The van der Waals surface area contributed by atoms with E-state index in [4.69, 9.17) is 11.6 Å². The number of halogens is 1. The average Bonchev–Trinajstić information content (AvgIpc) is 3.07.